The molecule has 2 aliphatic heterocycles. The molecule has 2 fully saturated rings. The molecule has 4 rings (SSSR count). The zero-order valence-electron chi connectivity index (χ0n) is 17.0. The minimum absolute atomic E-state index is 0.191. The third-order valence-corrected chi connectivity index (χ3v) is 6.25. The molecule has 168 valence electrons. The van der Waals surface area contributed by atoms with Crippen molar-refractivity contribution in [3.8, 4) is 0 Å². The third kappa shape index (κ3) is 5.68. The minimum Gasteiger partial charge on any atom is -0.390 e. The number of anilines is 1. The number of nitrogens with one attached hydrogen (secondary N) is 1. The summed E-state index contributed by atoms with van der Waals surface area (Å²) in [4.78, 5) is 7.85. The Labute approximate surface area is 184 Å². The molecule has 1 unspecified atom stereocenters. The first-order chi connectivity index (χ1) is 14.8. The van der Waals surface area contributed by atoms with E-state index in [-0.39, 0.29) is 24.4 Å². The van der Waals surface area contributed by atoms with Gasteiger partial charge in [-0.25, -0.2) is 4.98 Å². The van der Waals surface area contributed by atoms with E-state index in [1.807, 2.05) is 24.3 Å². The Bertz CT molecular complexity index is 872. The molecule has 3 heterocycles. The summed E-state index contributed by atoms with van der Waals surface area (Å²) in [5.74, 6) is 0.246. The molecule has 1 aromatic carbocycles. The Balaban J connectivity index is 1.28. The van der Waals surface area contributed by atoms with Crippen LogP contribution in [0.5, 0.6) is 0 Å². The second-order valence-electron chi connectivity index (χ2n) is 8.30. The van der Waals surface area contributed by atoms with E-state index in [1.165, 1.54) is 11.6 Å². The maximum absolute atomic E-state index is 13.0. The van der Waals surface area contributed by atoms with Gasteiger partial charge in [0.1, 0.15) is 11.5 Å². The summed E-state index contributed by atoms with van der Waals surface area (Å²) in [6, 6.07) is 11.8. The number of hydrogen-bond acceptors (Lipinski definition) is 5. The number of aromatic nitrogens is 1. The number of β-amino-alcohol motifs (C(OH)–C–C–N with tert-alkyl or cyclic N) is 1. The summed E-state index contributed by atoms with van der Waals surface area (Å²) in [6.45, 7) is 3.47. The smallest absolute Gasteiger partial charge is 0.390 e. The number of aliphatic hydroxyl groups is 1. The van der Waals surface area contributed by atoms with E-state index in [9.17, 15) is 18.3 Å². The lowest BCUT2D eigenvalue weighted by molar-refractivity contribution is -0.141. The monoisotopic (exact) mass is 454 g/mol. The van der Waals surface area contributed by atoms with Crippen molar-refractivity contribution in [3.63, 3.8) is 0 Å². The van der Waals surface area contributed by atoms with Crippen molar-refractivity contribution in [2.24, 2.45) is 0 Å². The number of halogens is 4. The van der Waals surface area contributed by atoms with E-state index >= 15 is 0 Å². The SMILES string of the molecule is O[C@@H]1CN(c2cccc(C(F)(F)F)n2)CC1NC1CCN(Cc2ccc(Cl)cc2)CC1. The van der Waals surface area contributed by atoms with Crippen LogP contribution in [-0.4, -0.2) is 59.4 Å². The summed E-state index contributed by atoms with van der Waals surface area (Å²) < 4.78 is 38.9. The first-order valence-electron chi connectivity index (χ1n) is 10.5. The van der Waals surface area contributed by atoms with Gasteiger partial charge < -0.3 is 15.3 Å². The van der Waals surface area contributed by atoms with Gasteiger partial charge in [-0.2, -0.15) is 13.2 Å². The maximum Gasteiger partial charge on any atom is 0.433 e. The van der Waals surface area contributed by atoms with E-state index in [0.29, 0.717) is 6.54 Å². The summed E-state index contributed by atoms with van der Waals surface area (Å²) >= 11 is 5.94. The van der Waals surface area contributed by atoms with Crippen LogP contribution in [0.3, 0.4) is 0 Å². The molecule has 2 N–H and O–H groups in total. The highest BCUT2D eigenvalue weighted by Crippen LogP contribution is 2.30. The van der Waals surface area contributed by atoms with Crippen molar-refractivity contribution < 1.29 is 18.3 Å². The lowest BCUT2D eigenvalue weighted by Gasteiger charge is -2.34. The van der Waals surface area contributed by atoms with Crippen LogP contribution in [0.2, 0.25) is 5.02 Å². The van der Waals surface area contributed by atoms with Crippen LogP contribution < -0.4 is 10.2 Å². The zero-order valence-corrected chi connectivity index (χ0v) is 17.8. The van der Waals surface area contributed by atoms with Crippen LogP contribution in [0.4, 0.5) is 19.0 Å². The predicted molar refractivity (Wildman–Crippen MR) is 114 cm³/mol. The Hall–Kier alpha value is -1.87. The van der Waals surface area contributed by atoms with Crippen LogP contribution in [0.1, 0.15) is 24.1 Å². The van der Waals surface area contributed by atoms with Gasteiger partial charge >= 0.3 is 6.18 Å². The second kappa shape index (κ2) is 9.32. The van der Waals surface area contributed by atoms with Gasteiger partial charge in [0.15, 0.2) is 0 Å². The van der Waals surface area contributed by atoms with Gasteiger partial charge in [-0.3, -0.25) is 4.90 Å². The minimum atomic E-state index is -4.48. The fourth-order valence-electron chi connectivity index (χ4n) is 4.30. The molecular weight excluding hydrogens is 429 g/mol. The first kappa shape index (κ1) is 22.3. The Morgan fingerprint density at radius 1 is 1.06 bits per heavy atom. The third-order valence-electron chi connectivity index (χ3n) is 5.99. The highest BCUT2D eigenvalue weighted by molar-refractivity contribution is 6.30. The van der Waals surface area contributed by atoms with Crippen molar-refractivity contribution in [2.75, 3.05) is 31.1 Å². The fraction of sp³-hybridized carbons (Fsp3) is 0.500. The molecule has 2 aliphatic rings. The molecule has 1 aromatic heterocycles. The van der Waals surface area contributed by atoms with E-state index in [0.717, 1.165) is 43.6 Å². The van der Waals surface area contributed by atoms with Crippen molar-refractivity contribution >= 4 is 17.4 Å². The molecule has 0 amide bonds. The number of rotatable bonds is 5. The molecule has 9 heteroatoms. The van der Waals surface area contributed by atoms with Gasteiger partial charge in [0.05, 0.1) is 12.1 Å². The lowest BCUT2D eigenvalue weighted by atomic mass is 10.0. The molecule has 2 aromatic rings. The van der Waals surface area contributed by atoms with Crippen LogP contribution in [-0.2, 0) is 12.7 Å². The Morgan fingerprint density at radius 2 is 1.77 bits per heavy atom. The average molecular weight is 455 g/mol. The van der Waals surface area contributed by atoms with Gasteiger partial charge in [0.25, 0.3) is 0 Å². The van der Waals surface area contributed by atoms with Crippen molar-refractivity contribution in [2.45, 2.75) is 43.8 Å². The van der Waals surface area contributed by atoms with Crippen LogP contribution in [0.15, 0.2) is 42.5 Å². The summed E-state index contributed by atoms with van der Waals surface area (Å²) in [7, 11) is 0. The second-order valence-corrected chi connectivity index (χ2v) is 8.74. The van der Waals surface area contributed by atoms with Crippen molar-refractivity contribution in [1.82, 2.24) is 15.2 Å². The molecule has 0 saturated carbocycles. The largest absolute Gasteiger partial charge is 0.433 e. The first-order valence-corrected chi connectivity index (χ1v) is 10.9. The number of pyridine rings is 1. The van der Waals surface area contributed by atoms with Crippen LogP contribution in [0.25, 0.3) is 0 Å². The molecule has 0 spiro atoms. The molecule has 31 heavy (non-hydrogen) atoms. The Morgan fingerprint density at radius 3 is 2.45 bits per heavy atom. The van der Waals surface area contributed by atoms with E-state index in [1.54, 1.807) is 11.0 Å². The number of likely N-dealkylation sites (tertiary alicyclic amines) is 1. The fourth-order valence-corrected chi connectivity index (χ4v) is 4.43. The van der Waals surface area contributed by atoms with Gasteiger partial charge in [-0.1, -0.05) is 29.8 Å². The van der Waals surface area contributed by atoms with Gasteiger partial charge in [-0.15, -0.1) is 0 Å². The Kier molecular flexibility index (Phi) is 6.71. The molecule has 2 atom stereocenters. The number of piperidine rings is 1. The summed E-state index contributed by atoms with van der Waals surface area (Å²) in [6.07, 6.45) is -3.22. The molecule has 0 radical (unpaired) electrons. The molecule has 5 nitrogen and oxygen atoms in total. The topological polar surface area (TPSA) is 51.6 Å². The maximum atomic E-state index is 13.0. The number of benzene rings is 1. The highest BCUT2D eigenvalue weighted by Gasteiger charge is 2.36. The van der Waals surface area contributed by atoms with Gasteiger partial charge in [0.2, 0.25) is 0 Å². The molecular formula is C22H26ClF3N4O. The van der Waals surface area contributed by atoms with Crippen LogP contribution >= 0.6 is 11.6 Å². The van der Waals surface area contributed by atoms with Crippen molar-refractivity contribution in [1.29, 1.82) is 0 Å². The van der Waals surface area contributed by atoms with Gasteiger partial charge in [-0.05, 0) is 55.8 Å². The summed E-state index contributed by atoms with van der Waals surface area (Å²) in [5.41, 5.74) is 0.315. The standard InChI is InChI=1S/C22H26ClF3N4O/c23-16-6-4-15(5-7-16)12-29-10-8-17(9-11-29)27-18-13-30(14-19(18)31)21-3-1-2-20(28-21)22(24,25)26/h1-7,17-19,27,31H,8-14H2/t18?,19-/m1/s1. The number of alkyl halides is 3. The normalized spacial score (nSPS) is 23.5. The number of hydrogen-bond donors (Lipinski definition) is 2. The van der Waals surface area contributed by atoms with Gasteiger partial charge in [0, 0.05) is 30.7 Å². The quantitative estimate of drug-likeness (QED) is 0.723. The van der Waals surface area contributed by atoms with E-state index < -0.39 is 18.0 Å². The number of aliphatic hydroxyl groups excluding tert-OH is 1. The van der Waals surface area contributed by atoms with E-state index in [2.05, 4.69) is 15.2 Å². The average Bonchev–Trinajstić information content (AvgIpc) is 3.11. The highest BCUT2D eigenvalue weighted by atomic mass is 35.5. The van der Waals surface area contributed by atoms with Crippen LogP contribution in [0, 0.1) is 0 Å². The number of nitrogens with zero attached hydrogens (tertiary/aromatic N) is 3. The predicted octanol–water partition coefficient (Wildman–Crippen LogP) is 3.56. The molecule has 0 bridgehead atoms. The van der Waals surface area contributed by atoms with E-state index in [4.69, 9.17) is 11.6 Å². The summed E-state index contributed by atoms with van der Waals surface area (Å²) in [5, 5.41) is 14.7. The molecule has 0 aliphatic carbocycles. The van der Waals surface area contributed by atoms with Crippen molar-refractivity contribution in [3.05, 3.63) is 58.7 Å². The zero-order chi connectivity index (χ0) is 22.0. The lowest BCUT2D eigenvalue weighted by Crippen LogP contribution is -2.49. The molecule has 2 saturated heterocycles.